The number of benzene rings is 2. The molecule has 0 bridgehead atoms. The van der Waals surface area contributed by atoms with Crippen LogP contribution in [0, 0.1) is 0 Å². The van der Waals surface area contributed by atoms with Crippen molar-refractivity contribution in [2.45, 2.75) is 50.2 Å². The molecule has 0 aromatic heterocycles. The third-order valence-electron chi connectivity index (χ3n) is 6.90. The zero-order valence-electron chi connectivity index (χ0n) is 29.0. The Morgan fingerprint density at radius 3 is 2.49 bits per heavy atom. The number of fused-ring (bicyclic) bond motifs is 2. The lowest BCUT2D eigenvalue weighted by Gasteiger charge is -2.42. The van der Waals surface area contributed by atoms with E-state index in [0.717, 1.165) is 11.8 Å². The summed E-state index contributed by atoms with van der Waals surface area (Å²) in [5.41, 5.74) is 4.75. The Morgan fingerprint density at radius 1 is 1.26 bits per heavy atom. The Labute approximate surface area is 246 Å². The highest BCUT2D eigenvalue weighted by atomic mass is 35.5. The first-order valence-electron chi connectivity index (χ1n) is 15.6. The Hall–Kier alpha value is -2.88. The topological polar surface area (TPSA) is 122 Å². The van der Waals surface area contributed by atoms with E-state index in [1.807, 2.05) is 18.1 Å². The maximum absolute atomic E-state index is 12.9. The monoisotopic (exact) mass is 583 g/mol. The van der Waals surface area contributed by atoms with Crippen LogP contribution in [-0.4, -0.2) is 69.2 Å². The Bertz CT molecular complexity index is 1650. The maximum atomic E-state index is 12.9. The van der Waals surface area contributed by atoms with E-state index in [-0.39, 0.29) is 37.7 Å². The summed E-state index contributed by atoms with van der Waals surface area (Å²) in [6, 6.07) is 2.23. The number of para-hydroxylation sites is 1. The zero-order valence-corrected chi connectivity index (χ0v) is 23.6. The van der Waals surface area contributed by atoms with E-state index in [2.05, 4.69) is 5.32 Å². The Balaban J connectivity index is 0.00000576. The van der Waals surface area contributed by atoms with Crippen LogP contribution in [0.4, 0.5) is 5.69 Å². The van der Waals surface area contributed by atoms with Crippen LogP contribution in [0.5, 0.6) is 0 Å². The van der Waals surface area contributed by atoms with Crippen molar-refractivity contribution < 1.29 is 32.3 Å². The van der Waals surface area contributed by atoms with Gasteiger partial charge in [-0.1, -0.05) is 48.4 Å². The van der Waals surface area contributed by atoms with Crippen molar-refractivity contribution in [3.05, 3.63) is 71.3 Å². The van der Waals surface area contributed by atoms with Gasteiger partial charge in [0.15, 0.2) is 0 Å². The number of nitrogens with one attached hydrogen (secondary N) is 1. The molecule has 1 spiro atoms. The third kappa shape index (κ3) is 6.83. The van der Waals surface area contributed by atoms with Crippen LogP contribution in [0.25, 0.3) is 0 Å². The van der Waals surface area contributed by atoms with E-state index >= 15 is 0 Å². The van der Waals surface area contributed by atoms with Gasteiger partial charge in [-0.2, -0.15) is 0 Å². The number of nitrogens with zero attached hydrogens (tertiary/aromatic N) is 2. The lowest BCUT2D eigenvalue weighted by molar-refractivity contribution is -0.126. The van der Waals surface area contributed by atoms with Crippen LogP contribution in [-0.2, 0) is 36.3 Å². The molecule has 1 fully saturated rings. The number of ether oxygens (including phenoxy) is 1. The van der Waals surface area contributed by atoms with Gasteiger partial charge in [-0.25, -0.2) is 13.2 Å². The molecule has 2 aliphatic heterocycles. The number of carbonyl (C=O) groups excluding carboxylic acids is 2. The molecule has 0 saturated carbocycles. The van der Waals surface area contributed by atoms with Crippen molar-refractivity contribution in [1.82, 2.24) is 10.2 Å². The first-order chi connectivity index (χ1) is 20.7. The van der Waals surface area contributed by atoms with Gasteiger partial charge in [0, 0.05) is 25.0 Å². The lowest BCUT2D eigenvalue weighted by Crippen LogP contribution is -2.56. The van der Waals surface area contributed by atoms with Crippen molar-refractivity contribution in [1.29, 1.82) is 0 Å². The second kappa shape index (κ2) is 12.1. The van der Waals surface area contributed by atoms with Gasteiger partial charge in [0.1, 0.15) is 17.7 Å². The number of rotatable bonds is 9. The number of nitrogens with two attached hydrogens (primary N) is 1. The van der Waals surface area contributed by atoms with Crippen molar-refractivity contribution in [3.8, 4) is 0 Å². The molecule has 2 heterocycles. The fraction of sp³-hybridized carbons (Fsp3) is 0.464. The molecule has 3 N–H and O–H groups in total. The van der Waals surface area contributed by atoms with E-state index in [0.29, 0.717) is 18.5 Å². The van der Waals surface area contributed by atoms with Gasteiger partial charge < -0.3 is 20.7 Å². The molecule has 9 nitrogen and oxygen atoms in total. The van der Waals surface area contributed by atoms with Gasteiger partial charge in [-0.15, -0.1) is 12.4 Å². The molecule has 1 atom stereocenters. The molecular formula is C28H37ClN4O5S. The summed E-state index contributed by atoms with van der Waals surface area (Å²) in [6.07, 6.45) is 2.06. The quantitative estimate of drug-likeness (QED) is 0.435. The normalized spacial score (nSPS) is 20.1. The van der Waals surface area contributed by atoms with Crippen LogP contribution in [0.2, 0.25) is 0 Å². The molecule has 2 aromatic carbocycles. The largest absolute Gasteiger partial charge is 0.374 e. The number of anilines is 1. The molecular weight excluding hydrogens is 540 g/mol. The highest BCUT2D eigenvalue weighted by Crippen LogP contribution is 2.48. The number of halogens is 1. The number of sulfonamides is 1. The summed E-state index contributed by atoms with van der Waals surface area (Å²) < 4.78 is 88.8. The molecule has 1 amide bonds. The molecule has 0 unspecified atom stereocenters. The smallest absolute Gasteiger partial charge is 0.240 e. The van der Waals surface area contributed by atoms with E-state index in [1.165, 1.54) is 18.2 Å². The van der Waals surface area contributed by atoms with E-state index < -0.39 is 81.9 Å². The van der Waals surface area contributed by atoms with Crippen LogP contribution >= 0.6 is 12.4 Å². The average molecular weight is 584 g/mol. The minimum atomic E-state index is -3.54. The summed E-state index contributed by atoms with van der Waals surface area (Å²) in [7, 11) is -3.54. The Morgan fingerprint density at radius 2 is 1.90 bits per heavy atom. The first-order valence-corrected chi connectivity index (χ1v) is 14.0. The minimum absolute atomic E-state index is 0. The molecule has 212 valence electrons. The number of amides is 1. The number of likely N-dealkylation sites (tertiary alicyclic amines) is 1. The van der Waals surface area contributed by atoms with E-state index in [4.69, 9.17) is 20.1 Å². The summed E-state index contributed by atoms with van der Waals surface area (Å²) in [6.45, 7) is 0.0570. The third-order valence-corrected chi connectivity index (χ3v) is 8.03. The summed E-state index contributed by atoms with van der Waals surface area (Å²) >= 11 is 0. The molecule has 4 rings (SSSR count). The SMILES string of the molecule is Cl.[2H]c1c([2H])c([2H])c(C([2H])([2H])OC[C@H](NC(=O)C(C)(C)N)C(=C=O)N2CCC3(CC2)CN(S(C)(=O)=O)c2ccccc23)c([2H])c1[2H]. The summed E-state index contributed by atoms with van der Waals surface area (Å²) in [4.78, 5) is 27.1. The van der Waals surface area contributed by atoms with Gasteiger partial charge in [-0.05, 0) is 43.9 Å². The van der Waals surface area contributed by atoms with Gasteiger partial charge in [-0.3, -0.25) is 9.10 Å². The van der Waals surface area contributed by atoms with Crippen molar-refractivity contribution in [2.24, 2.45) is 5.73 Å². The fourth-order valence-corrected chi connectivity index (χ4v) is 5.87. The van der Waals surface area contributed by atoms with Gasteiger partial charge in [0.05, 0.1) is 40.2 Å². The molecule has 11 heteroatoms. The standard InChI is InChI=1S/C28H36N4O5S.ClH/c1-27(2,29)26(34)30-23(19-37-18-21-9-5-4-6-10-21)25(17-33)31-15-13-28(14-16-31)20-32(38(3,35)36)24-12-8-7-11-22(24)28;/h4-12,23H,13-16,18-20,29H2,1-3H3,(H,30,34);1H/t23-;/m0./s1/i4D,5D,6D,9D,10D,18D2;. The predicted octanol–water partition coefficient (Wildman–Crippen LogP) is 2.38. The molecule has 0 aliphatic carbocycles. The zero-order chi connectivity index (χ0) is 33.7. The average Bonchev–Trinajstić information content (AvgIpc) is 3.29. The molecule has 39 heavy (non-hydrogen) atoms. The lowest BCUT2D eigenvalue weighted by atomic mass is 9.74. The highest BCUT2D eigenvalue weighted by Gasteiger charge is 2.47. The maximum Gasteiger partial charge on any atom is 0.240 e. The minimum Gasteiger partial charge on any atom is -0.374 e. The van der Waals surface area contributed by atoms with Crippen molar-refractivity contribution in [2.75, 3.05) is 36.8 Å². The van der Waals surface area contributed by atoms with Crippen LogP contribution in [0.15, 0.2) is 60.2 Å². The predicted molar refractivity (Wildman–Crippen MR) is 154 cm³/mol. The van der Waals surface area contributed by atoms with E-state index in [9.17, 15) is 18.0 Å². The highest BCUT2D eigenvalue weighted by molar-refractivity contribution is 7.92. The second-order valence-corrected chi connectivity index (χ2v) is 12.1. The Kier molecular flexibility index (Phi) is 6.79. The fourth-order valence-electron chi connectivity index (χ4n) is 4.87. The van der Waals surface area contributed by atoms with Gasteiger partial charge in [0.25, 0.3) is 0 Å². The van der Waals surface area contributed by atoms with Crippen molar-refractivity contribution >= 4 is 40.0 Å². The number of piperidine rings is 1. The van der Waals surface area contributed by atoms with Crippen LogP contribution in [0.1, 0.15) is 47.4 Å². The van der Waals surface area contributed by atoms with Gasteiger partial charge in [0.2, 0.25) is 15.9 Å². The summed E-state index contributed by atoms with van der Waals surface area (Å²) in [5, 5.41) is 2.61. The van der Waals surface area contributed by atoms with E-state index in [1.54, 1.807) is 17.0 Å². The van der Waals surface area contributed by atoms with Gasteiger partial charge >= 0.3 is 0 Å². The second-order valence-electron chi connectivity index (χ2n) is 10.2. The van der Waals surface area contributed by atoms with Crippen LogP contribution < -0.4 is 15.4 Å². The van der Waals surface area contributed by atoms with Crippen molar-refractivity contribution in [3.63, 3.8) is 0 Å². The number of hydrogen-bond acceptors (Lipinski definition) is 7. The molecule has 1 saturated heterocycles. The molecule has 2 aromatic rings. The first kappa shape index (κ1) is 21.9. The molecule has 0 radical (unpaired) electrons. The van der Waals surface area contributed by atoms with Crippen LogP contribution in [0.3, 0.4) is 0 Å². The molecule has 2 aliphatic rings. The number of carbonyl (C=O) groups is 1. The number of hydrogen-bond donors (Lipinski definition) is 2. The summed E-state index contributed by atoms with van der Waals surface area (Å²) in [5.74, 6) is 1.17.